The van der Waals surface area contributed by atoms with Crippen molar-refractivity contribution in [2.24, 2.45) is 5.92 Å². The van der Waals surface area contributed by atoms with Crippen LogP contribution in [0.1, 0.15) is 11.1 Å². The van der Waals surface area contributed by atoms with Gasteiger partial charge in [-0.15, -0.1) is 0 Å². The molecule has 0 amide bonds. The second-order valence-electron chi connectivity index (χ2n) is 6.36. The molecular weight excluding hydrogens is 330 g/mol. The van der Waals surface area contributed by atoms with Crippen LogP contribution in [0, 0.1) is 5.92 Å². The molecule has 1 aromatic heterocycles. The quantitative estimate of drug-likeness (QED) is 0.703. The molecule has 2 heterocycles. The Bertz CT molecular complexity index is 918. The van der Waals surface area contributed by atoms with E-state index in [0.29, 0.717) is 24.5 Å². The average Bonchev–Trinajstić information content (AvgIpc) is 3.22. The van der Waals surface area contributed by atoms with E-state index in [1.165, 1.54) is 6.39 Å². The zero-order chi connectivity index (χ0) is 17.9. The second kappa shape index (κ2) is 7.04. The van der Waals surface area contributed by atoms with Gasteiger partial charge in [0.05, 0.1) is 31.4 Å². The highest BCUT2D eigenvalue weighted by Crippen LogP contribution is 2.32. The first-order valence-electron chi connectivity index (χ1n) is 8.54. The Morgan fingerprint density at radius 3 is 2.96 bits per heavy atom. The molecule has 1 aliphatic heterocycles. The molecule has 132 valence electrons. The summed E-state index contributed by atoms with van der Waals surface area (Å²) in [6, 6.07) is 13.6. The number of nitrogens with zero attached hydrogens (tertiary/aromatic N) is 1. The number of para-hydroxylation sites is 1. The van der Waals surface area contributed by atoms with Crippen LogP contribution >= 0.6 is 0 Å². The molecule has 3 aromatic rings. The van der Waals surface area contributed by atoms with Crippen molar-refractivity contribution in [1.29, 1.82) is 0 Å². The molecule has 0 bridgehead atoms. The van der Waals surface area contributed by atoms with Crippen LogP contribution in [0.2, 0.25) is 0 Å². The van der Waals surface area contributed by atoms with Gasteiger partial charge in [0.15, 0.2) is 12.2 Å². The Morgan fingerprint density at radius 1 is 1.27 bits per heavy atom. The van der Waals surface area contributed by atoms with Gasteiger partial charge in [0.1, 0.15) is 17.3 Å². The van der Waals surface area contributed by atoms with E-state index in [9.17, 15) is 4.79 Å². The number of Topliss-reactive ketones (excluding diaryl/α,β-unsaturated/α-hetero) is 1. The van der Waals surface area contributed by atoms with Gasteiger partial charge in [-0.3, -0.25) is 4.79 Å². The summed E-state index contributed by atoms with van der Waals surface area (Å²) >= 11 is 0. The van der Waals surface area contributed by atoms with Crippen LogP contribution in [-0.2, 0) is 17.6 Å². The summed E-state index contributed by atoms with van der Waals surface area (Å²) in [6.45, 7) is 0.434. The van der Waals surface area contributed by atoms with Gasteiger partial charge < -0.3 is 13.9 Å². The number of methoxy groups -OCH3 is 1. The monoisotopic (exact) mass is 349 g/mol. The predicted octanol–water partition coefficient (Wildman–Crippen LogP) is 3.71. The Labute approximate surface area is 151 Å². The van der Waals surface area contributed by atoms with E-state index < -0.39 is 0 Å². The number of benzene rings is 2. The second-order valence-corrected chi connectivity index (χ2v) is 6.36. The normalized spacial score (nSPS) is 15.8. The smallest absolute Gasteiger partial charge is 0.181 e. The third kappa shape index (κ3) is 3.20. The van der Waals surface area contributed by atoms with Crippen molar-refractivity contribution in [1.82, 2.24) is 4.98 Å². The maximum absolute atomic E-state index is 12.7. The van der Waals surface area contributed by atoms with Crippen molar-refractivity contribution >= 4 is 5.78 Å². The van der Waals surface area contributed by atoms with E-state index in [-0.39, 0.29) is 11.7 Å². The number of hydrogen-bond donors (Lipinski definition) is 0. The van der Waals surface area contributed by atoms with Gasteiger partial charge in [0.2, 0.25) is 0 Å². The Balaban J connectivity index is 1.50. The minimum atomic E-state index is -0.121. The van der Waals surface area contributed by atoms with Crippen molar-refractivity contribution in [3.05, 3.63) is 66.2 Å². The van der Waals surface area contributed by atoms with Crippen LogP contribution in [0.25, 0.3) is 11.3 Å². The van der Waals surface area contributed by atoms with E-state index in [2.05, 4.69) is 4.98 Å². The highest BCUT2D eigenvalue weighted by atomic mass is 16.5. The van der Waals surface area contributed by atoms with Gasteiger partial charge >= 0.3 is 0 Å². The van der Waals surface area contributed by atoms with Crippen molar-refractivity contribution in [2.45, 2.75) is 12.8 Å². The summed E-state index contributed by atoms with van der Waals surface area (Å²) < 4.78 is 16.5. The lowest BCUT2D eigenvalue weighted by Crippen LogP contribution is -2.29. The van der Waals surface area contributed by atoms with Crippen molar-refractivity contribution in [3.8, 4) is 22.8 Å². The summed E-state index contributed by atoms with van der Waals surface area (Å²) in [5, 5.41) is 0. The number of aromatic nitrogens is 1. The lowest BCUT2D eigenvalue weighted by molar-refractivity contribution is -0.123. The van der Waals surface area contributed by atoms with Crippen LogP contribution in [-0.4, -0.2) is 24.5 Å². The molecule has 0 N–H and O–H groups in total. The molecule has 0 saturated carbocycles. The van der Waals surface area contributed by atoms with Crippen LogP contribution < -0.4 is 9.47 Å². The third-order valence-corrected chi connectivity index (χ3v) is 4.68. The average molecular weight is 349 g/mol. The molecule has 0 radical (unpaired) electrons. The zero-order valence-corrected chi connectivity index (χ0v) is 14.5. The Kier molecular flexibility index (Phi) is 4.44. The fourth-order valence-corrected chi connectivity index (χ4v) is 3.28. The summed E-state index contributed by atoms with van der Waals surface area (Å²) in [6.07, 6.45) is 4.10. The van der Waals surface area contributed by atoms with Crippen LogP contribution in [0.3, 0.4) is 0 Å². The maximum atomic E-state index is 12.7. The van der Waals surface area contributed by atoms with Gasteiger partial charge in [-0.25, -0.2) is 4.98 Å². The maximum Gasteiger partial charge on any atom is 0.181 e. The molecule has 1 atom stereocenters. The van der Waals surface area contributed by atoms with Gasteiger partial charge in [0, 0.05) is 6.42 Å². The number of hydrogen-bond acceptors (Lipinski definition) is 5. The molecule has 0 saturated heterocycles. The van der Waals surface area contributed by atoms with Gasteiger partial charge in [-0.05, 0) is 35.7 Å². The molecule has 26 heavy (non-hydrogen) atoms. The molecule has 4 rings (SSSR count). The van der Waals surface area contributed by atoms with Crippen LogP contribution in [0.4, 0.5) is 0 Å². The number of rotatable bonds is 5. The lowest BCUT2D eigenvalue weighted by Gasteiger charge is -2.24. The molecule has 2 aromatic carbocycles. The largest absolute Gasteiger partial charge is 0.496 e. The van der Waals surface area contributed by atoms with E-state index in [0.717, 1.165) is 28.9 Å². The van der Waals surface area contributed by atoms with Crippen LogP contribution in [0.5, 0.6) is 11.5 Å². The van der Waals surface area contributed by atoms with E-state index in [1.807, 2.05) is 42.5 Å². The molecule has 1 unspecified atom stereocenters. The first kappa shape index (κ1) is 16.4. The summed E-state index contributed by atoms with van der Waals surface area (Å²) in [5.41, 5.74) is 2.82. The number of carbonyl (C=O) groups excluding carboxylic acids is 1. The van der Waals surface area contributed by atoms with Gasteiger partial charge in [0.25, 0.3) is 0 Å². The molecular formula is C21H19NO4. The fourth-order valence-electron chi connectivity index (χ4n) is 3.28. The molecule has 1 aliphatic rings. The first-order valence-corrected chi connectivity index (χ1v) is 8.54. The summed E-state index contributed by atoms with van der Waals surface area (Å²) in [7, 11) is 1.60. The zero-order valence-electron chi connectivity index (χ0n) is 14.5. The molecule has 5 heteroatoms. The van der Waals surface area contributed by atoms with Gasteiger partial charge in [-0.1, -0.05) is 24.3 Å². The van der Waals surface area contributed by atoms with E-state index in [4.69, 9.17) is 13.9 Å². The van der Waals surface area contributed by atoms with E-state index in [1.54, 1.807) is 13.3 Å². The molecule has 0 aliphatic carbocycles. The van der Waals surface area contributed by atoms with Gasteiger partial charge in [-0.2, -0.15) is 0 Å². The Morgan fingerprint density at radius 2 is 2.15 bits per heavy atom. The van der Waals surface area contributed by atoms with E-state index >= 15 is 0 Å². The standard InChI is InChI=1S/C21H19NO4/c1-24-20-9-14(6-7-17(20)21-11-22-13-26-21)8-18(23)16-10-15-4-2-3-5-19(15)25-12-16/h2-7,9,11,13,16H,8,10,12H2,1H3. The molecule has 0 spiro atoms. The minimum Gasteiger partial charge on any atom is -0.496 e. The summed E-state index contributed by atoms with van der Waals surface area (Å²) in [4.78, 5) is 16.7. The Hall–Kier alpha value is -3.08. The fraction of sp³-hybridized carbons (Fsp3) is 0.238. The highest BCUT2D eigenvalue weighted by molar-refractivity contribution is 5.84. The number of ketones is 1. The van der Waals surface area contributed by atoms with Crippen molar-refractivity contribution in [2.75, 3.05) is 13.7 Å². The lowest BCUT2D eigenvalue weighted by atomic mass is 9.90. The molecule has 0 fully saturated rings. The third-order valence-electron chi connectivity index (χ3n) is 4.68. The number of oxazole rings is 1. The first-order chi connectivity index (χ1) is 12.7. The number of fused-ring (bicyclic) bond motifs is 1. The van der Waals surface area contributed by atoms with Crippen molar-refractivity contribution < 1.29 is 18.7 Å². The number of ether oxygens (including phenoxy) is 2. The van der Waals surface area contributed by atoms with Crippen molar-refractivity contribution in [3.63, 3.8) is 0 Å². The minimum absolute atomic E-state index is 0.121. The number of carbonyl (C=O) groups is 1. The SMILES string of the molecule is COc1cc(CC(=O)C2COc3ccccc3C2)ccc1-c1cnco1. The highest BCUT2D eigenvalue weighted by Gasteiger charge is 2.26. The van der Waals surface area contributed by atoms with Crippen LogP contribution in [0.15, 0.2) is 59.5 Å². The topological polar surface area (TPSA) is 61.6 Å². The predicted molar refractivity (Wildman–Crippen MR) is 96.3 cm³/mol. The summed E-state index contributed by atoms with van der Waals surface area (Å²) in [5.74, 6) is 2.24. The molecule has 5 nitrogen and oxygen atoms in total.